The van der Waals surface area contributed by atoms with Gasteiger partial charge in [-0.15, -0.1) is 0 Å². The Morgan fingerprint density at radius 1 is 1.26 bits per heavy atom. The van der Waals surface area contributed by atoms with Crippen LogP contribution in [0.3, 0.4) is 0 Å². The smallest absolute Gasteiger partial charge is 0.231 e. The largest absolute Gasteiger partial charge is 0.327 e. The molecule has 0 aromatic heterocycles. The predicted octanol–water partition coefficient (Wildman–Crippen LogP) is 0.512. The minimum Gasteiger partial charge on any atom is -0.327 e. The molecule has 3 rings (SSSR count). The van der Waals surface area contributed by atoms with E-state index in [-0.39, 0.29) is 23.9 Å². The van der Waals surface area contributed by atoms with Crippen molar-refractivity contribution >= 4 is 11.7 Å². The van der Waals surface area contributed by atoms with E-state index in [1.54, 1.807) is 17.0 Å². The number of hydrogen-bond acceptors (Lipinski definition) is 3. The van der Waals surface area contributed by atoms with E-state index in [4.69, 9.17) is 0 Å². The Balaban J connectivity index is 1.93. The number of rotatable bonds is 2. The van der Waals surface area contributed by atoms with Crippen LogP contribution in [0.2, 0.25) is 0 Å². The Labute approximate surface area is 110 Å². The first-order valence-electron chi connectivity index (χ1n) is 6.41. The van der Waals surface area contributed by atoms with Gasteiger partial charge in [0.15, 0.2) is 5.78 Å². The van der Waals surface area contributed by atoms with Crippen LogP contribution in [0.15, 0.2) is 24.3 Å². The van der Waals surface area contributed by atoms with E-state index in [1.807, 2.05) is 0 Å². The van der Waals surface area contributed by atoms with Crippen LogP contribution in [0.5, 0.6) is 0 Å². The number of ketones is 1. The topological polar surface area (TPSA) is 49.4 Å². The summed E-state index contributed by atoms with van der Waals surface area (Å²) in [6.45, 7) is 1.75. The molecule has 2 aliphatic heterocycles. The predicted molar refractivity (Wildman–Crippen MR) is 67.0 cm³/mol. The number of hydrogen-bond donors (Lipinski definition) is 1. The van der Waals surface area contributed by atoms with E-state index in [2.05, 4.69) is 5.32 Å². The number of amides is 1. The summed E-state index contributed by atoms with van der Waals surface area (Å²) >= 11 is 0. The molecule has 0 spiro atoms. The zero-order valence-electron chi connectivity index (χ0n) is 10.5. The quantitative estimate of drug-likeness (QED) is 0.790. The number of carbonyl (C=O) groups is 2. The Kier molecular flexibility index (Phi) is 2.86. The highest BCUT2D eigenvalue weighted by molar-refractivity contribution is 6.10. The van der Waals surface area contributed by atoms with E-state index in [0.717, 1.165) is 5.56 Å². The lowest BCUT2D eigenvalue weighted by atomic mass is 9.86. The number of Topliss-reactive ketones (excluding diaryl/α,β-unsaturated/α-hetero) is 1. The monoisotopic (exact) mass is 262 g/mol. The van der Waals surface area contributed by atoms with E-state index in [0.29, 0.717) is 26.1 Å². The Bertz CT molecular complexity index is 529. The van der Waals surface area contributed by atoms with Gasteiger partial charge in [0.05, 0.1) is 6.42 Å². The van der Waals surface area contributed by atoms with E-state index >= 15 is 0 Å². The van der Waals surface area contributed by atoms with Crippen LogP contribution in [-0.2, 0) is 16.0 Å². The van der Waals surface area contributed by atoms with Crippen molar-refractivity contribution < 1.29 is 14.0 Å². The summed E-state index contributed by atoms with van der Waals surface area (Å²) in [5.74, 6) is -0.420. The van der Waals surface area contributed by atoms with Crippen molar-refractivity contribution in [3.05, 3.63) is 35.6 Å². The zero-order chi connectivity index (χ0) is 13.5. The van der Waals surface area contributed by atoms with E-state index < -0.39 is 5.54 Å². The first kappa shape index (κ1) is 12.3. The lowest BCUT2D eigenvalue weighted by Crippen LogP contribution is -2.63. The number of piperazine rings is 1. The van der Waals surface area contributed by atoms with Gasteiger partial charge in [-0.25, -0.2) is 4.39 Å². The van der Waals surface area contributed by atoms with E-state index in [9.17, 15) is 14.0 Å². The molecule has 1 N–H and O–H groups in total. The molecule has 19 heavy (non-hydrogen) atoms. The molecule has 2 aliphatic rings. The maximum Gasteiger partial charge on any atom is 0.231 e. The standard InChI is InChI=1S/C14H15FN2O2/c15-11-3-1-10(2-4-11)8-14-9-16-5-6-17(14)13(19)7-12(14)18/h1-4,16H,5-9H2. The molecule has 1 amide bonds. The molecule has 1 unspecified atom stereocenters. The fourth-order valence-corrected chi connectivity index (χ4v) is 3.00. The first-order chi connectivity index (χ1) is 9.12. The van der Waals surface area contributed by atoms with Gasteiger partial charge in [0, 0.05) is 26.1 Å². The third kappa shape index (κ3) is 1.94. The first-order valence-corrected chi connectivity index (χ1v) is 6.41. The van der Waals surface area contributed by atoms with Gasteiger partial charge >= 0.3 is 0 Å². The molecule has 0 saturated carbocycles. The zero-order valence-corrected chi connectivity index (χ0v) is 10.5. The molecule has 1 aromatic carbocycles. The maximum atomic E-state index is 12.9. The second-order valence-electron chi connectivity index (χ2n) is 5.16. The Morgan fingerprint density at radius 2 is 2.00 bits per heavy atom. The number of nitrogens with zero attached hydrogens (tertiary/aromatic N) is 1. The van der Waals surface area contributed by atoms with Crippen molar-refractivity contribution in [2.75, 3.05) is 19.6 Å². The number of fused-ring (bicyclic) bond motifs is 1. The molecule has 2 saturated heterocycles. The minimum atomic E-state index is -0.771. The van der Waals surface area contributed by atoms with Crippen LogP contribution in [-0.4, -0.2) is 41.8 Å². The van der Waals surface area contributed by atoms with Gasteiger partial charge in [0.25, 0.3) is 0 Å². The number of benzene rings is 1. The van der Waals surface area contributed by atoms with Crippen LogP contribution in [0.4, 0.5) is 4.39 Å². The van der Waals surface area contributed by atoms with Crippen molar-refractivity contribution in [3.8, 4) is 0 Å². The lowest BCUT2D eigenvalue weighted by molar-refractivity contribution is -0.134. The normalized spacial score (nSPS) is 26.7. The van der Waals surface area contributed by atoms with Crippen LogP contribution in [0.1, 0.15) is 12.0 Å². The van der Waals surface area contributed by atoms with Crippen LogP contribution in [0, 0.1) is 5.82 Å². The molecule has 4 nitrogen and oxygen atoms in total. The van der Waals surface area contributed by atoms with Gasteiger partial charge in [-0.1, -0.05) is 12.1 Å². The summed E-state index contributed by atoms with van der Waals surface area (Å²) < 4.78 is 12.9. The van der Waals surface area contributed by atoms with Crippen molar-refractivity contribution in [1.82, 2.24) is 10.2 Å². The summed E-state index contributed by atoms with van der Waals surface area (Å²) in [6.07, 6.45) is 0.438. The summed E-state index contributed by atoms with van der Waals surface area (Å²) in [6, 6.07) is 6.11. The maximum absolute atomic E-state index is 12.9. The van der Waals surface area contributed by atoms with Gasteiger partial charge in [-0.2, -0.15) is 0 Å². The average Bonchev–Trinajstić information content (AvgIpc) is 2.65. The molecule has 2 heterocycles. The summed E-state index contributed by atoms with van der Waals surface area (Å²) in [4.78, 5) is 25.8. The molecule has 1 atom stereocenters. The summed E-state index contributed by atoms with van der Waals surface area (Å²) in [7, 11) is 0. The molecule has 0 radical (unpaired) electrons. The third-order valence-electron chi connectivity index (χ3n) is 3.99. The number of nitrogens with one attached hydrogen (secondary N) is 1. The highest BCUT2D eigenvalue weighted by Crippen LogP contribution is 2.31. The minimum absolute atomic E-state index is 0.0110. The van der Waals surface area contributed by atoms with Gasteiger partial charge in [-0.05, 0) is 17.7 Å². The molecule has 2 fully saturated rings. The van der Waals surface area contributed by atoms with Gasteiger partial charge in [0.2, 0.25) is 5.91 Å². The summed E-state index contributed by atoms with van der Waals surface area (Å²) in [5, 5.41) is 3.19. The Morgan fingerprint density at radius 3 is 2.74 bits per heavy atom. The van der Waals surface area contributed by atoms with Crippen molar-refractivity contribution in [2.45, 2.75) is 18.4 Å². The second-order valence-corrected chi connectivity index (χ2v) is 5.16. The van der Waals surface area contributed by atoms with Crippen LogP contribution < -0.4 is 5.32 Å². The fraction of sp³-hybridized carbons (Fsp3) is 0.429. The van der Waals surface area contributed by atoms with Crippen LogP contribution in [0.25, 0.3) is 0 Å². The molecule has 100 valence electrons. The van der Waals surface area contributed by atoms with E-state index in [1.165, 1.54) is 12.1 Å². The highest BCUT2D eigenvalue weighted by Gasteiger charge is 2.53. The molecule has 0 bridgehead atoms. The van der Waals surface area contributed by atoms with Gasteiger partial charge < -0.3 is 10.2 Å². The van der Waals surface area contributed by atoms with Gasteiger partial charge in [-0.3, -0.25) is 9.59 Å². The number of halogens is 1. The third-order valence-corrected chi connectivity index (χ3v) is 3.99. The van der Waals surface area contributed by atoms with Crippen molar-refractivity contribution in [1.29, 1.82) is 0 Å². The molecular formula is C14H15FN2O2. The Hall–Kier alpha value is -1.75. The highest BCUT2D eigenvalue weighted by atomic mass is 19.1. The molecule has 0 aliphatic carbocycles. The second kappa shape index (κ2) is 4.42. The number of carbonyl (C=O) groups excluding carboxylic acids is 2. The fourth-order valence-electron chi connectivity index (χ4n) is 3.00. The van der Waals surface area contributed by atoms with Gasteiger partial charge in [0.1, 0.15) is 11.4 Å². The average molecular weight is 262 g/mol. The van der Waals surface area contributed by atoms with Crippen LogP contribution >= 0.6 is 0 Å². The SMILES string of the molecule is O=C1CC(=O)C2(Cc3ccc(F)cc3)CNCCN12. The summed E-state index contributed by atoms with van der Waals surface area (Å²) in [5.41, 5.74) is 0.103. The molecule has 1 aromatic rings. The van der Waals surface area contributed by atoms with Crippen molar-refractivity contribution in [2.24, 2.45) is 0 Å². The van der Waals surface area contributed by atoms with Crippen molar-refractivity contribution in [3.63, 3.8) is 0 Å². The lowest BCUT2D eigenvalue weighted by Gasteiger charge is -2.41. The molecular weight excluding hydrogens is 247 g/mol. The molecule has 5 heteroatoms.